The second-order valence-corrected chi connectivity index (χ2v) is 13.7. The highest BCUT2D eigenvalue weighted by atomic mass is 16.7. The third-order valence-electron chi connectivity index (χ3n) is 9.37. The number of unbranched alkanes of at least 4 members (excludes halogenated alkanes) is 19. The summed E-state index contributed by atoms with van der Waals surface area (Å²) in [6.45, 7) is 3.78. The quantitative estimate of drug-likeness (QED) is 0.0357. The van der Waals surface area contributed by atoms with E-state index in [-0.39, 0.29) is 12.5 Å². The van der Waals surface area contributed by atoms with Crippen LogP contribution in [0, 0.1) is 0 Å². The molecule has 1 amide bonds. The highest BCUT2D eigenvalue weighted by Gasteiger charge is 2.44. The summed E-state index contributed by atoms with van der Waals surface area (Å²) in [5, 5.41) is 54.0. The SMILES string of the molecule is CCCCCCCC/C=C\CCCCCC(=O)NC(COC1OC(CO)C(O)C(O)C1O)C(O)CCCCCCCCCCCCC. The van der Waals surface area contributed by atoms with E-state index in [4.69, 9.17) is 9.47 Å². The van der Waals surface area contributed by atoms with Crippen molar-refractivity contribution in [2.24, 2.45) is 0 Å². The first-order valence-corrected chi connectivity index (χ1v) is 19.4. The lowest BCUT2D eigenvalue weighted by Gasteiger charge is -2.40. The molecule has 0 aliphatic carbocycles. The van der Waals surface area contributed by atoms with Crippen molar-refractivity contribution in [3.05, 3.63) is 12.2 Å². The van der Waals surface area contributed by atoms with Crippen LogP contribution in [0.4, 0.5) is 0 Å². The molecule has 7 unspecified atom stereocenters. The zero-order chi connectivity index (χ0) is 34.5. The molecule has 1 heterocycles. The zero-order valence-corrected chi connectivity index (χ0v) is 30.0. The fraction of sp³-hybridized carbons (Fsp3) is 0.921. The molecule has 1 fully saturated rings. The van der Waals surface area contributed by atoms with Gasteiger partial charge in [0.25, 0.3) is 0 Å². The molecule has 0 radical (unpaired) electrons. The highest BCUT2D eigenvalue weighted by molar-refractivity contribution is 5.76. The van der Waals surface area contributed by atoms with Crippen molar-refractivity contribution in [3.63, 3.8) is 0 Å². The third kappa shape index (κ3) is 21.6. The molecule has 7 atom stereocenters. The zero-order valence-electron chi connectivity index (χ0n) is 30.0. The summed E-state index contributed by atoms with van der Waals surface area (Å²) in [6, 6.07) is -0.720. The predicted octanol–water partition coefficient (Wildman–Crippen LogP) is 6.61. The molecular formula is C38H73NO8. The molecule has 0 aromatic carbocycles. The van der Waals surface area contributed by atoms with Gasteiger partial charge in [0.2, 0.25) is 5.91 Å². The Morgan fingerprint density at radius 3 is 1.72 bits per heavy atom. The van der Waals surface area contributed by atoms with Crippen molar-refractivity contribution in [2.45, 2.75) is 211 Å². The summed E-state index contributed by atoms with van der Waals surface area (Å²) in [4.78, 5) is 12.8. The fourth-order valence-corrected chi connectivity index (χ4v) is 6.15. The van der Waals surface area contributed by atoms with Gasteiger partial charge in [-0.25, -0.2) is 0 Å². The average Bonchev–Trinajstić information content (AvgIpc) is 3.07. The monoisotopic (exact) mass is 672 g/mol. The lowest BCUT2D eigenvalue weighted by molar-refractivity contribution is -0.302. The van der Waals surface area contributed by atoms with E-state index in [2.05, 4.69) is 31.3 Å². The molecule has 9 heteroatoms. The number of nitrogens with one attached hydrogen (secondary N) is 1. The van der Waals surface area contributed by atoms with Gasteiger partial charge in [0.15, 0.2) is 6.29 Å². The predicted molar refractivity (Wildman–Crippen MR) is 189 cm³/mol. The maximum absolute atomic E-state index is 12.8. The number of ether oxygens (including phenoxy) is 2. The third-order valence-corrected chi connectivity index (χ3v) is 9.37. The first-order valence-electron chi connectivity index (χ1n) is 19.4. The Bertz CT molecular complexity index is 751. The van der Waals surface area contributed by atoms with Crippen LogP contribution in [0.5, 0.6) is 0 Å². The Labute approximate surface area is 286 Å². The van der Waals surface area contributed by atoms with Crippen molar-refractivity contribution in [1.29, 1.82) is 0 Å². The Balaban J connectivity index is 2.44. The Hall–Kier alpha value is -1.07. The van der Waals surface area contributed by atoms with E-state index < -0.39 is 49.5 Å². The van der Waals surface area contributed by atoms with E-state index in [0.29, 0.717) is 12.8 Å². The first-order chi connectivity index (χ1) is 22.8. The molecule has 1 rings (SSSR count). The molecule has 0 aromatic heterocycles. The van der Waals surface area contributed by atoms with Gasteiger partial charge in [-0.2, -0.15) is 0 Å². The molecule has 1 aliphatic heterocycles. The fourth-order valence-electron chi connectivity index (χ4n) is 6.15. The Morgan fingerprint density at radius 1 is 0.702 bits per heavy atom. The van der Waals surface area contributed by atoms with Crippen LogP contribution in [0.3, 0.4) is 0 Å². The Morgan fingerprint density at radius 2 is 1.19 bits per heavy atom. The summed E-state index contributed by atoms with van der Waals surface area (Å²) in [5.41, 5.74) is 0. The maximum atomic E-state index is 12.8. The van der Waals surface area contributed by atoms with Crippen LogP contribution in [-0.4, -0.2) is 87.5 Å². The number of aliphatic hydroxyl groups excluding tert-OH is 5. The van der Waals surface area contributed by atoms with Crippen molar-refractivity contribution in [3.8, 4) is 0 Å². The minimum Gasteiger partial charge on any atom is -0.394 e. The number of allylic oxidation sites excluding steroid dienone is 2. The van der Waals surface area contributed by atoms with Crippen LogP contribution in [0.2, 0.25) is 0 Å². The van der Waals surface area contributed by atoms with Gasteiger partial charge in [-0.15, -0.1) is 0 Å². The summed E-state index contributed by atoms with van der Waals surface area (Å²) in [7, 11) is 0. The summed E-state index contributed by atoms with van der Waals surface area (Å²) in [6.07, 6.45) is 23.6. The Kier molecular flexibility index (Phi) is 27.9. The van der Waals surface area contributed by atoms with Gasteiger partial charge in [-0.1, -0.05) is 135 Å². The smallest absolute Gasteiger partial charge is 0.220 e. The molecule has 0 spiro atoms. The number of carbonyl (C=O) groups is 1. The van der Waals surface area contributed by atoms with Crippen LogP contribution in [-0.2, 0) is 14.3 Å². The van der Waals surface area contributed by atoms with Crippen LogP contribution in [0.1, 0.15) is 168 Å². The molecular weight excluding hydrogens is 598 g/mol. The van der Waals surface area contributed by atoms with Gasteiger partial charge in [-0.3, -0.25) is 4.79 Å². The molecule has 0 aromatic rings. The van der Waals surface area contributed by atoms with E-state index in [1.165, 1.54) is 89.9 Å². The van der Waals surface area contributed by atoms with Crippen molar-refractivity contribution >= 4 is 5.91 Å². The second kappa shape index (κ2) is 29.8. The maximum Gasteiger partial charge on any atom is 0.220 e. The molecule has 47 heavy (non-hydrogen) atoms. The molecule has 1 saturated heterocycles. The van der Waals surface area contributed by atoms with E-state index in [1.807, 2.05) is 0 Å². The van der Waals surface area contributed by atoms with E-state index >= 15 is 0 Å². The number of aliphatic hydroxyl groups is 5. The first kappa shape index (κ1) is 44.0. The molecule has 1 aliphatic rings. The van der Waals surface area contributed by atoms with Crippen LogP contribution < -0.4 is 5.32 Å². The number of hydrogen-bond donors (Lipinski definition) is 6. The number of amides is 1. The van der Waals surface area contributed by atoms with E-state index in [1.54, 1.807) is 0 Å². The van der Waals surface area contributed by atoms with Crippen LogP contribution in [0.15, 0.2) is 12.2 Å². The normalized spacial score (nSPS) is 22.9. The topological polar surface area (TPSA) is 149 Å². The summed E-state index contributed by atoms with van der Waals surface area (Å²) < 4.78 is 11.2. The minimum atomic E-state index is -1.55. The van der Waals surface area contributed by atoms with Gasteiger partial charge in [-0.05, 0) is 38.5 Å². The number of carbonyl (C=O) groups excluding carboxylic acids is 1. The minimum absolute atomic E-state index is 0.142. The summed E-state index contributed by atoms with van der Waals surface area (Å²) in [5.74, 6) is -0.163. The molecule has 0 bridgehead atoms. The van der Waals surface area contributed by atoms with Crippen LogP contribution >= 0.6 is 0 Å². The van der Waals surface area contributed by atoms with Gasteiger partial charge >= 0.3 is 0 Å². The van der Waals surface area contributed by atoms with Crippen LogP contribution in [0.25, 0.3) is 0 Å². The standard InChI is InChI=1S/C38H73NO8/c1-3-5-7-9-11-13-15-16-18-20-22-24-26-28-34(42)39-31(30-46-38-37(45)36(44)35(43)33(29-40)47-38)32(41)27-25-23-21-19-17-14-12-10-8-6-4-2/h16,18,31-33,35-38,40-41,43-45H,3-15,17,19-30H2,1-2H3,(H,39,42)/b18-16-. The molecule has 9 nitrogen and oxygen atoms in total. The van der Waals surface area contributed by atoms with E-state index in [9.17, 15) is 30.3 Å². The lowest BCUT2D eigenvalue weighted by atomic mass is 9.99. The van der Waals surface area contributed by atoms with Gasteiger partial charge < -0.3 is 40.3 Å². The molecule has 6 N–H and O–H groups in total. The second-order valence-electron chi connectivity index (χ2n) is 13.7. The molecule has 0 saturated carbocycles. The van der Waals surface area contributed by atoms with Crippen molar-refractivity contribution in [1.82, 2.24) is 5.32 Å². The van der Waals surface area contributed by atoms with Gasteiger partial charge in [0.1, 0.15) is 24.4 Å². The van der Waals surface area contributed by atoms with Crippen molar-refractivity contribution < 1.29 is 39.8 Å². The number of hydrogen-bond acceptors (Lipinski definition) is 8. The number of rotatable bonds is 31. The van der Waals surface area contributed by atoms with E-state index in [0.717, 1.165) is 51.4 Å². The van der Waals surface area contributed by atoms with Gasteiger partial charge in [0, 0.05) is 6.42 Å². The molecule has 278 valence electrons. The average molecular weight is 672 g/mol. The largest absolute Gasteiger partial charge is 0.394 e. The lowest BCUT2D eigenvalue weighted by Crippen LogP contribution is -2.60. The summed E-state index contributed by atoms with van der Waals surface area (Å²) >= 11 is 0. The highest BCUT2D eigenvalue weighted by Crippen LogP contribution is 2.23. The van der Waals surface area contributed by atoms with Gasteiger partial charge in [0.05, 0.1) is 25.4 Å². The van der Waals surface area contributed by atoms with Crippen molar-refractivity contribution in [2.75, 3.05) is 13.2 Å².